The number of allylic oxidation sites excluding steroid dienone is 3. The summed E-state index contributed by atoms with van der Waals surface area (Å²) in [5.41, 5.74) is 5.35. The van der Waals surface area contributed by atoms with E-state index < -0.39 is 18.0 Å². The van der Waals surface area contributed by atoms with Crippen LogP contribution in [0.3, 0.4) is 0 Å². The SMILES string of the molecule is CCC(C(N)=O)N1C=C(C=C(F)F)C=CCC1=O. The van der Waals surface area contributed by atoms with Crippen LogP contribution in [0.5, 0.6) is 0 Å². The lowest BCUT2D eigenvalue weighted by Gasteiger charge is -2.25. The van der Waals surface area contributed by atoms with Gasteiger partial charge in [0.25, 0.3) is 6.08 Å². The zero-order chi connectivity index (χ0) is 13.7. The van der Waals surface area contributed by atoms with Crippen molar-refractivity contribution in [3.63, 3.8) is 0 Å². The van der Waals surface area contributed by atoms with Crippen LogP contribution in [0, 0.1) is 0 Å². The molecule has 0 fully saturated rings. The summed E-state index contributed by atoms with van der Waals surface area (Å²) in [5, 5.41) is 0. The second-order valence-electron chi connectivity index (χ2n) is 3.80. The van der Waals surface area contributed by atoms with Crippen molar-refractivity contribution in [2.75, 3.05) is 0 Å². The van der Waals surface area contributed by atoms with Crippen LogP contribution in [0.2, 0.25) is 0 Å². The van der Waals surface area contributed by atoms with E-state index in [1.165, 1.54) is 18.4 Å². The average Bonchev–Trinajstić information content (AvgIpc) is 2.42. The molecule has 0 aromatic carbocycles. The third-order valence-corrected chi connectivity index (χ3v) is 2.51. The first-order valence-corrected chi connectivity index (χ1v) is 5.47. The van der Waals surface area contributed by atoms with Gasteiger partial charge in [-0.05, 0) is 12.0 Å². The summed E-state index contributed by atoms with van der Waals surface area (Å²) in [7, 11) is 0. The zero-order valence-electron chi connectivity index (χ0n) is 9.90. The van der Waals surface area contributed by atoms with Crippen molar-refractivity contribution in [2.24, 2.45) is 5.73 Å². The molecule has 1 heterocycles. The predicted octanol–water partition coefficient (Wildman–Crippen LogP) is 1.70. The molecule has 0 bridgehead atoms. The van der Waals surface area contributed by atoms with Crippen LogP contribution in [-0.2, 0) is 9.59 Å². The van der Waals surface area contributed by atoms with Gasteiger partial charge in [-0.3, -0.25) is 9.59 Å². The molecule has 98 valence electrons. The molecule has 6 heteroatoms. The molecule has 0 radical (unpaired) electrons. The first kappa shape index (κ1) is 14.1. The fourth-order valence-electron chi connectivity index (χ4n) is 1.69. The Hall–Kier alpha value is -1.98. The normalized spacial score (nSPS) is 16.9. The smallest absolute Gasteiger partial charge is 0.270 e. The van der Waals surface area contributed by atoms with Gasteiger partial charge in [-0.2, -0.15) is 8.78 Å². The average molecular weight is 256 g/mol. The van der Waals surface area contributed by atoms with E-state index in [1.54, 1.807) is 6.92 Å². The minimum absolute atomic E-state index is 0.0471. The maximum atomic E-state index is 12.2. The highest BCUT2D eigenvalue weighted by atomic mass is 19.3. The second-order valence-corrected chi connectivity index (χ2v) is 3.80. The molecule has 0 aliphatic carbocycles. The number of carbonyl (C=O) groups excluding carboxylic acids is 2. The molecule has 1 aliphatic rings. The number of primary amides is 1. The molecule has 18 heavy (non-hydrogen) atoms. The van der Waals surface area contributed by atoms with Crippen molar-refractivity contribution in [1.29, 1.82) is 0 Å². The Morgan fingerprint density at radius 2 is 2.28 bits per heavy atom. The highest BCUT2D eigenvalue weighted by Gasteiger charge is 2.25. The highest BCUT2D eigenvalue weighted by molar-refractivity contribution is 5.88. The molecular formula is C12H14F2N2O2. The minimum Gasteiger partial charge on any atom is -0.368 e. The van der Waals surface area contributed by atoms with Crippen LogP contribution in [0.1, 0.15) is 19.8 Å². The first-order valence-electron chi connectivity index (χ1n) is 5.47. The minimum atomic E-state index is -1.87. The fraction of sp³-hybridized carbons (Fsp3) is 0.333. The van der Waals surface area contributed by atoms with Gasteiger partial charge in [0.15, 0.2) is 0 Å². The van der Waals surface area contributed by atoms with Crippen molar-refractivity contribution in [2.45, 2.75) is 25.8 Å². The number of hydrogen-bond donors (Lipinski definition) is 1. The van der Waals surface area contributed by atoms with Crippen LogP contribution < -0.4 is 5.73 Å². The van der Waals surface area contributed by atoms with Crippen molar-refractivity contribution in [1.82, 2.24) is 4.90 Å². The Bertz CT molecular complexity index is 437. The Kier molecular flexibility index (Phi) is 4.76. The number of nitrogens with two attached hydrogens (primary N) is 1. The third-order valence-electron chi connectivity index (χ3n) is 2.51. The van der Waals surface area contributed by atoms with Gasteiger partial charge in [-0.1, -0.05) is 19.1 Å². The number of amides is 2. The lowest BCUT2D eigenvalue weighted by atomic mass is 10.1. The molecule has 1 rings (SSSR count). The molecule has 0 saturated carbocycles. The number of carbonyl (C=O) groups is 2. The van der Waals surface area contributed by atoms with Crippen LogP contribution in [0.15, 0.2) is 36.1 Å². The van der Waals surface area contributed by atoms with E-state index in [2.05, 4.69) is 0 Å². The van der Waals surface area contributed by atoms with Gasteiger partial charge in [-0.25, -0.2) is 0 Å². The molecule has 0 spiro atoms. The summed E-state index contributed by atoms with van der Waals surface area (Å²) in [6.45, 7) is 1.69. The van der Waals surface area contributed by atoms with E-state index in [9.17, 15) is 18.4 Å². The lowest BCUT2D eigenvalue weighted by Crippen LogP contribution is -2.44. The Balaban J connectivity index is 3.11. The molecular weight excluding hydrogens is 242 g/mol. The first-order chi connectivity index (χ1) is 8.45. The molecule has 0 aromatic heterocycles. The van der Waals surface area contributed by atoms with Gasteiger partial charge in [-0.15, -0.1) is 0 Å². The zero-order valence-corrected chi connectivity index (χ0v) is 9.90. The summed E-state index contributed by atoms with van der Waals surface area (Å²) in [5.74, 6) is -1.01. The fourth-order valence-corrected chi connectivity index (χ4v) is 1.69. The van der Waals surface area contributed by atoms with E-state index in [0.717, 1.165) is 4.90 Å². The van der Waals surface area contributed by atoms with E-state index in [1.807, 2.05) is 0 Å². The molecule has 2 amide bonds. The summed E-state index contributed by atoms with van der Waals surface area (Å²) < 4.78 is 24.4. The van der Waals surface area contributed by atoms with E-state index in [4.69, 9.17) is 5.73 Å². The molecule has 2 N–H and O–H groups in total. The highest BCUT2D eigenvalue weighted by Crippen LogP contribution is 2.17. The molecule has 0 aromatic rings. The maximum Gasteiger partial charge on any atom is 0.270 e. The second kappa shape index (κ2) is 6.09. The molecule has 0 saturated heterocycles. The predicted molar refractivity (Wildman–Crippen MR) is 62.3 cm³/mol. The molecule has 1 unspecified atom stereocenters. The third kappa shape index (κ3) is 3.51. The molecule has 1 aliphatic heterocycles. The topological polar surface area (TPSA) is 63.4 Å². The van der Waals surface area contributed by atoms with Gasteiger partial charge in [0.2, 0.25) is 11.8 Å². The van der Waals surface area contributed by atoms with Gasteiger partial charge in [0.1, 0.15) is 6.04 Å². The number of hydrogen-bond acceptors (Lipinski definition) is 2. The van der Waals surface area contributed by atoms with Crippen molar-refractivity contribution < 1.29 is 18.4 Å². The summed E-state index contributed by atoms with van der Waals surface area (Å²) in [6, 6.07) is -0.816. The largest absolute Gasteiger partial charge is 0.368 e. The van der Waals surface area contributed by atoms with Crippen LogP contribution in [0.25, 0.3) is 0 Å². The van der Waals surface area contributed by atoms with Crippen molar-refractivity contribution in [3.8, 4) is 0 Å². The van der Waals surface area contributed by atoms with Crippen LogP contribution in [-0.4, -0.2) is 22.8 Å². The molecule has 1 atom stereocenters. The van der Waals surface area contributed by atoms with E-state index >= 15 is 0 Å². The maximum absolute atomic E-state index is 12.2. The van der Waals surface area contributed by atoms with Crippen LogP contribution in [0.4, 0.5) is 8.78 Å². The summed E-state index contributed by atoms with van der Waals surface area (Å²) in [6.07, 6.45) is 3.25. The number of nitrogens with zero attached hydrogens (tertiary/aromatic N) is 1. The van der Waals surface area contributed by atoms with E-state index in [-0.39, 0.29) is 17.9 Å². The number of halogens is 2. The molecule has 4 nitrogen and oxygen atoms in total. The van der Waals surface area contributed by atoms with Gasteiger partial charge < -0.3 is 10.6 Å². The summed E-state index contributed by atoms with van der Waals surface area (Å²) in [4.78, 5) is 24.1. The Morgan fingerprint density at radius 1 is 1.61 bits per heavy atom. The van der Waals surface area contributed by atoms with E-state index in [0.29, 0.717) is 12.5 Å². The van der Waals surface area contributed by atoms with Gasteiger partial charge in [0.05, 0.1) is 0 Å². The van der Waals surface area contributed by atoms with Gasteiger partial charge in [0, 0.05) is 18.7 Å². The van der Waals surface area contributed by atoms with Crippen molar-refractivity contribution in [3.05, 3.63) is 36.1 Å². The van der Waals surface area contributed by atoms with Crippen molar-refractivity contribution >= 4 is 11.8 Å². The quantitative estimate of drug-likeness (QED) is 0.832. The monoisotopic (exact) mass is 256 g/mol. The standard InChI is InChI=1S/C12H14F2N2O2/c1-2-9(12(15)18)16-7-8(6-10(13)14)4-3-5-11(16)17/h3-4,6-7,9H,2,5H2,1H3,(H2,15,18). The Morgan fingerprint density at radius 3 is 2.78 bits per heavy atom. The van der Waals surface area contributed by atoms with Gasteiger partial charge >= 0.3 is 0 Å². The lowest BCUT2D eigenvalue weighted by molar-refractivity contribution is -0.135. The van der Waals surface area contributed by atoms with Crippen LogP contribution >= 0.6 is 0 Å². The summed E-state index contributed by atoms with van der Waals surface area (Å²) >= 11 is 0. The Labute approximate surface area is 103 Å². The number of rotatable bonds is 4.